The smallest absolute Gasteiger partial charge is 0.471 e. The van der Waals surface area contributed by atoms with Crippen LogP contribution in [0.4, 0.5) is 13.2 Å². The van der Waals surface area contributed by atoms with E-state index in [1.54, 1.807) is 0 Å². The van der Waals surface area contributed by atoms with Crippen molar-refractivity contribution in [3.05, 3.63) is 0 Å². The first kappa shape index (κ1) is 19.6. The van der Waals surface area contributed by atoms with Crippen LogP contribution in [-0.4, -0.2) is 87.3 Å². The number of hydrogen-bond donors (Lipinski definition) is 6. The van der Waals surface area contributed by atoms with E-state index in [1.807, 2.05) is 0 Å². The molecule has 0 aromatic rings. The van der Waals surface area contributed by atoms with Gasteiger partial charge in [-0.15, -0.1) is 0 Å². The number of rotatable bonds is 5. The molecule has 12 heteroatoms. The van der Waals surface area contributed by atoms with Crippen molar-refractivity contribution in [2.24, 2.45) is 5.92 Å². The lowest BCUT2D eigenvalue weighted by Gasteiger charge is -2.42. The fourth-order valence-electron chi connectivity index (χ4n) is 2.17. The molecule has 1 fully saturated rings. The Morgan fingerprint density at radius 1 is 1.00 bits per heavy atom. The van der Waals surface area contributed by atoms with Gasteiger partial charge in [0.15, 0.2) is 0 Å². The van der Waals surface area contributed by atoms with E-state index >= 15 is 0 Å². The largest absolute Gasteiger partial charge is 0.481 e. The summed E-state index contributed by atoms with van der Waals surface area (Å²) in [5.74, 6) is -5.69. The molecule has 23 heavy (non-hydrogen) atoms. The monoisotopic (exact) mass is 347 g/mol. The number of halogens is 3. The van der Waals surface area contributed by atoms with Crippen molar-refractivity contribution in [2.75, 3.05) is 13.2 Å². The second-order valence-electron chi connectivity index (χ2n) is 4.92. The molecular weight excluding hydrogens is 331 g/mol. The van der Waals surface area contributed by atoms with E-state index in [0.29, 0.717) is 0 Å². The summed E-state index contributed by atoms with van der Waals surface area (Å²) in [5, 5.41) is 48.7. The maximum Gasteiger partial charge on any atom is 0.471 e. The summed E-state index contributed by atoms with van der Waals surface area (Å²) in [6.07, 6.45) is -14.5. The number of aliphatic hydroxyl groups excluding tert-OH is 4. The second-order valence-corrected chi connectivity index (χ2v) is 4.92. The van der Waals surface area contributed by atoms with Crippen molar-refractivity contribution in [1.29, 1.82) is 0 Å². The average molecular weight is 347 g/mol. The molecule has 1 rings (SSSR count). The molecule has 0 aliphatic heterocycles. The van der Waals surface area contributed by atoms with Crippen molar-refractivity contribution >= 4 is 11.9 Å². The zero-order chi connectivity index (χ0) is 17.9. The maximum absolute atomic E-state index is 11.9. The molecule has 0 spiro atoms. The highest BCUT2D eigenvalue weighted by atomic mass is 19.4. The number of alkyl halides is 3. The van der Waals surface area contributed by atoms with E-state index in [4.69, 9.17) is 9.84 Å². The summed E-state index contributed by atoms with van der Waals surface area (Å²) in [5.41, 5.74) is 0. The molecule has 1 saturated carbocycles. The highest BCUT2D eigenvalue weighted by Crippen LogP contribution is 2.29. The normalized spacial score (nSPS) is 34.9. The molecule has 6 atom stereocenters. The predicted octanol–water partition coefficient (Wildman–Crippen LogP) is -2.79. The van der Waals surface area contributed by atoms with Gasteiger partial charge in [0.2, 0.25) is 0 Å². The molecule has 0 unspecified atom stereocenters. The zero-order valence-corrected chi connectivity index (χ0v) is 11.5. The van der Waals surface area contributed by atoms with E-state index in [1.165, 1.54) is 5.32 Å². The van der Waals surface area contributed by atoms with Crippen LogP contribution in [0, 0.1) is 5.92 Å². The quantitative estimate of drug-likeness (QED) is 0.291. The van der Waals surface area contributed by atoms with E-state index in [9.17, 15) is 43.2 Å². The molecule has 0 heterocycles. The summed E-state index contributed by atoms with van der Waals surface area (Å²) in [6.45, 7) is -1.27. The lowest BCUT2D eigenvalue weighted by Crippen LogP contribution is -2.63. The predicted molar refractivity (Wildman–Crippen MR) is 64.0 cm³/mol. The van der Waals surface area contributed by atoms with Crippen LogP contribution in [0.15, 0.2) is 0 Å². The Balaban J connectivity index is 2.65. The molecule has 0 aromatic heterocycles. The number of carbonyl (C=O) groups excluding carboxylic acids is 1. The Labute approximate surface area is 127 Å². The highest BCUT2D eigenvalue weighted by molar-refractivity contribution is 5.81. The number of ether oxygens (including phenoxy) is 1. The van der Waals surface area contributed by atoms with Crippen LogP contribution in [0.3, 0.4) is 0 Å². The molecular formula is C11H16F3NO8. The van der Waals surface area contributed by atoms with E-state index in [2.05, 4.69) is 0 Å². The van der Waals surface area contributed by atoms with Gasteiger partial charge in [-0.2, -0.15) is 13.2 Å². The maximum atomic E-state index is 11.9. The lowest BCUT2D eigenvalue weighted by molar-refractivity contribution is -0.222. The molecule has 1 aliphatic rings. The van der Waals surface area contributed by atoms with Crippen LogP contribution < -0.4 is 5.32 Å². The van der Waals surface area contributed by atoms with Crippen LogP contribution in [0.25, 0.3) is 0 Å². The van der Waals surface area contributed by atoms with Gasteiger partial charge < -0.3 is 35.6 Å². The topological polar surface area (TPSA) is 157 Å². The van der Waals surface area contributed by atoms with Gasteiger partial charge in [-0.25, -0.2) is 0 Å². The molecule has 1 amide bonds. The molecule has 0 radical (unpaired) electrons. The molecule has 0 bridgehead atoms. The SMILES string of the molecule is O=C(O)[C@H]1[C@@H](O)[C@H](O)[C@H](O)[C@@H](O)[C@@H]1OCCNC(=O)C(F)(F)F. The lowest BCUT2D eigenvalue weighted by atomic mass is 9.78. The van der Waals surface area contributed by atoms with Gasteiger partial charge in [-0.3, -0.25) is 9.59 Å². The number of carboxylic acids is 1. The van der Waals surface area contributed by atoms with Crippen LogP contribution >= 0.6 is 0 Å². The summed E-state index contributed by atoms with van der Waals surface area (Å²) in [7, 11) is 0. The standard InChI is InChI=1S/C11H16F3NO8/c12-11(13,14)10(22)15-1-2-23-8-3(9(20)21)4(16)5(17)6(18)7(8)19/h3-8,16-19H,1-2H2,(H,15,22)(H,20,21)/t3-,4+,5-,6-,7+,8+/m0/s1. The third-order valence-corrected chi connectivity index (χ3v) is 3.35. The molecule has 0 aromatic carbocycles. The minimum Gasteiger partial charge on any atom is -0.481 e. The number of nitrogens with one attached hydrogen (secondary N) is 1. The van der Waals surface area contributed by atoms with Crippen molar-refractivity contribution in [3.63, 3.8) is 0 Å². The number of hydrogen-bond acceptors (Lipinski definition) is 7. The number of carbonyl (C=O) groups is 2. The first-order valence-electron chi connectivity index (χ1n) is 6.40. The van der Waals surface area contributed by atoms with Crippen LogP contribution in [0.1, 0.15) is 0 Å². The number of aliphatic hydroxyl groups is 4. The van der Waals surface area contributed by atoms with E-state index < -0.39 is 67.6 Å². The molecule has 9 nitrogen and oxygen atoms in total. The molecule has 0 saturated heterocycles. The molecule has 6 N–H and O–H groups in total. The third-order valence-electron chi connectivity index (χ3n) is 3.35. The number of amides is 1. The summed E-state index contributed by atoms with van der Waals surface area (Å²) >= 11 is 0. The Kier molecular flexibility index (Phi) is 6.30. The van der Waals surface area contributed by atoms with Gasteiger partial charge in [0.1, 0.15) is 30.3 Å². The third kappa shape index (κ3) is 4.51. The van der Waals surface area contributed by atoms with E-state index in [-0.39, 0.29) is 0 Å². The van der Waals surface area contributed by atoms with Crippen LogP contribution in [0.5, 0.6) is 0 Å². The first-order chi connectivity index (χ1) is 10.5. The van der Waals surface area contributed by atoms with Gasteiger partial charge in [0, 0.05) is 6.54 Å². The molecule has 134 valence electrons. The Hall–Kier alpha value is -1.47. The number of aliphatic carboxylic acids is 1. The van der Waals surface area contributed by atoms with Gasteiger partial charge in [0.05, 0.1) is 12.7 Å². The second kappa shape index (κ2) is 7.40. The first-order valence-corrected chi connectivity index (χ1v) is 6.40. The fourth-order valence-corrected chi connectivity index (χ4v) is 2.17. The van der Waals surface area contributed by atoms with Crippen molar-refractivity contribution in [1.82, 2.24) is 5.32 Å². The van der Waals surface area contributed by atoms with Gasteiger partial charge in [0.25, 0.3) is 0 Å². The van der Waals surface area contributed by atoms with Gasteiger partial charge in [-0.1, -0.05) is 0 Å². The Morgan fingerprint density at radius 2 is 1.52 bits per heavy atom. The summed E-state index contributed by atoms with van der Waals surface area (Å²) in [6, 6.07) is 0. The molecule has 1 aliphatic carbocycles. The van der Waals surface area contributed by atoms with Gasteiger partial charge in [-0.05, 0) is 0 Å². The van der Waals surface area contributed by atoms with E-state index in [0.717, 1.165) is 0 Å². The van der Waals surface area contributed by atoms with Crippen molar-refractivity contribution in [2.45, 2.75) is 36.7 Å². The minimum atomic E-state index is -5.09. The number of carboxylic acid groups (broad SMARTS) is 1. The van der Waals surface area contributed by atoms with Gasteiger partial charge >= 0.3 is 18.1 Å². The Bertz CT molecular complexity index is 445. The highest BCUT2D eigenvalue weighted by Gasteiger charge is 2.52. The average Bonchev–Trinajstić information content (AvgIpc) is 2.44. The summed E-state index contributed by atoms with van der Waals surface area (Å²) < 4.78 is 40.7. The minimum absolute atomic E-state index is 0.622. The zero-order valence-electron chi connectivity index (χ0n) is 11.5. The Morgan fingerprint density at radius 3 is 2.00 bits per heavy atom. The van der Waals surface area contributed by atoms with Crippen molar-refractivity contribution in [3.8, 4) is 0 Å². The fraction of sp³-hybridized carbons (Fsp3) is 0.818. The summed E-state index contributed by atoms with van der Waals surface area (Å²) in [4.78, 5) is 21.6. The van der Waals surface area contributed by atoms with Crippen LogP contribution in [0.2, 0.25) is 0 Å². The van der Waals surface area contributed by atoms with Crippen molar-refractivity contribution < 1.29 is 53.0 Å². The van der Waals surface area contributed by atoms with Crippen LogP contribution in [-0.2, 0) is 14.3 Å².